The van der Waals surface area contributed by atoms with Crippen LogP contribution in [-0.2, 0) is 5.41 Å². The summed E-state index contributed by atoms with van der Waals surface area (Å²) >= 11 is 0. The van der Waals surface area contributed by atoms with Crippen LogP contribution in [0.2, 0.25) is 26.2 Å². The summed E-state index contributed by atoms with van der Waals surface area (Å²) in [6.07, 6.45) is 0. The van der Waals surface area contributed by atoms with Gasteiger partial charge in [0.25, 0.3) is 0 Å². The van der Waals surface area contributed by atoms with Gasteiger partial charge in [-0.2, -0.15) is 0 Å². The molecule has 0 N–H and O–H groups in total. The van der Waals surface area contributed by atoms with Gasteiger partial charge in [0.1, 0.15) is 16.1 Å². The van der Waals surface area contributed by atoms with Crippen molar-refractivity contribution in [3.05, 3.63) is 253 Å². The van der Waals surface area contributed by atoms with E-state index in [-0.39, 0.29) is 0 Å². The molecule has 0 saturated heterocycles. The summed E-state index contributed by atoms with van der Waals surface area (Å²) in [6.45, 7) is 10.3. The Morgan fingerprint density at radius 2 is 0.644 bits per heavy atom. The molecule has 0 atom stereocenters. The fourth-order valence-corrected chi connectivity index (χ4v) is 22.2. The molecule has 0 unspecified atom stereocenters. The van der Waals surface area contributed by atoms with Crippen LogP contribution in [0.3, 0.4) is 0 Å². The summed E-state index contributed by atoms with van der Waals surface area (Å²) < 4.78 is 0. The van der Waals surface area contributed by atoms with E-state index in [1.54, 1.807) is 10.4 Å². The van der Waals surface area contributed by atoms with Crippen molar-refractivity contribution < 1.29 is 0 Å². The van der Waals surface area contributed by atoms with Gasteiger partial charge < -0.3 is 0 Å². The third-order valence-corrected chi connectivity index (χ3v) is 25.2. The van der Waals surface area contributed by atoms with Gasteiger partial charge in [-0.1, -0.05) is 251 Å². The third-order valence-electron chi connectivity index (χ3n) is 18.0. The first-order chi connectivity index (χ1) is 35.8. The molecule has 0 nitrogen and oxygen atoms in total. The van der Waals surface area contributed by atoms with Gasteiger partial charge in [0.15, 0.2) is 0 Å². The normalized spacial score (nSPS) is 15.2. The van der Waals surface area contributed by atoms with Gasteiger partial charge in [-0.05, 0) is 159 Å². The van der Waals surface area contributed by atoms with E-state index in [1.807, 2.05) is 0 Å². The van der Waals surface area contributed by atoms with Gasteiger partial charge in [0.05, 0.1) is 5.41 Å². The third kappa shape index (κ3) is 5.15. The van der Waals surface area contributed by atoms with Crippen molar-refractivity contribution >= 4 is 69.2 Å². The lowest BCUT2D eigenvalue weighted by Gasteiger charge is -2.33. The average molecular weight is 959 g/mol. The quantitative estimate of drug-likeness (QED) is 0.122. The largest absolute Gasteiger partial charge is 0.114 e. The fourth-order valence-electron chi connectivity index (χ4n) is 15.2. The summed E-state index contributed by atoms with van der Waals surface area (Å²) in [7, 11) is -4.21. The molecular weight excluding hydrogens is 909 g/mol. The maximum atomic E-state index is 2.60. The first-order valence-electron chi connectivity index (χ1n) is 26.1. The Morgan fingerprint density at radius 1 is 0.260 bits per heavy atom. The van der Waals surface area contributed by atoms with Crippen LogP contribution in [0.25, 0.3) is 110 Å². The topological polar surface area (TPSA) is 0 Å². The Labute approximate surface area is 428 Å². The van der Waals surface area contributed by atoms with Crippen LogP contribution in [0.1, 0.15) is 22.3 Å². The lowest BCUT2D eigenvalue weighted by molar-refractivity contribution is 0.796. The lowest BCUT2D eigenvalue weighted by atomic mass is 9.68. The molecule has 2 aliphatic carbocycles. The van der Waals surface area contributed by atoms with E-state index in [2.05, 4.69) is 257 Å². The van der Waals surface area contributed by atoms with E-state index in [0.717, 1.165) is 0 Å². The van der Waals surface area contributed by atoms with Gasteiger partial charge in [0, 0.05) is 0 Å². The molecule has 16 rings (SSSR count). The predicted octanol–water partition coefficient (Wildman–Crippen LogP) is 16.1. The number of hydrogen-bond donors (Lipinski definition) is 0. The first kappa shape index (κ1) is 41.5. The Morgan fingerprint density at radius 3 is 1.19 bits per heavy atom. The summed E-state index contributed by atoms with van der Waals surface area (Å²) in [5, 5.41) is 13.9. The van der Waals surface area contributed by atoms with Crippen molar-refractivity contribution in [1.29, 1.82) is 0 Å². The second-order valence-corrected chi connectivity index (χ2v) is 30.7. The highest BCUT2D eigenvalue weighted by Crippen LogP contribution is 2.66. The Kier molecular flexibility index (Phi) is 8.24. The molecule has 0 aromatic heterocycles. The van der Waals surface area contributed by atoms with Crippen LogP contribution >= 0.6 is 0 Å². The smallest absolute Gasteiger partial charge is 0.0623 e. The number of hydrogen-bond acceptors (Lipinski definition) is 0. The Bertz CT molecular complexity index is 4240. The van der Waals surface area contributed by atoms with Crippen molar-refractivity contribution in [1.82, 2.24) is 0 Å². The van der Waals surface area contributed by atoms with Crippen LogP contribution in [0.15, 0.2) is 231 Å². The first-order valence-corrected chi connectivity index (χ1v) is 32.1. The van der Waals surface area contributed by atoms with Crippen molar-refractivity contribution in [3.8, 4) is 77.9 Å². The molecule has 0 amide bonds. The number of benzene rings is 12. The molecule has 12 aromatic carbocycles. The van der Waals surface area contributed by atoms with Gasteiger partial charge in [-0.3, -0.25) is 0 Å². The summed E-state index contributed by atoms with van der Waals surface area (Å²) in [6, 6.07) is 89.5. The minimum Gasteiger partial charge on any atom is -0.0623 e. The van der Waals surface area contributed by atoms with E-state index in [1.165, 1.54) is 143 Å². The lowest BCUT2D eigenvalue weighted by Crippen LogP contribution is -2.50. The highest BCUT2D eigenvalue weighted by atomic mass is 28.3. The molecule has 73 heavy (non-hydrogen) atoms. The monoisotopic (exact) mass is 958 g/mol. The second-order valence-electron chi connectivity index (χ2n) is 22.1. The highest BCUT2D eigenvalue weighted by molar-refractivity contribution is 7.05. The predicted molar refractivity (Wildman–Crippen MR) is 316 cm³/mol. The molecule has 4 aliphatic rings. The summed E-state index contributed by atoms with van der Waals surface area (Å²) in [4.78, 5) is 0. The van der Waals surface area contributed by atoms with Crippen LogP contribution < -0.4 is 20.7 Å². The minimum absolute atomic E-state index is 0.550. The summed E-state index contributed by atoms with van der Waals surface area (Å²) in [5.41, 5.74) is 23.9. The zero-order valence-electron chi connectivity index (χ0n) is 41.4. The van der Waals surface area contributed by atoms with Crippen molar-refractivity contribution in [2.45, 2.75) is 31.6 Å². The molecule has 2 aliphatic heterocycles. The maximum absolute atomic E-state index is 2.60. The zero-order valence-corrected chi connectivity index (χ0v) is 43.4. The molecule has 0 saturated carbocycles. The molecule has 342 valence electrons. The van der Waals surface area contributed by atoms with Crippen molar-refractivity contribution in [3.63, 3.8) is 0 Å². The molecule has 2 heteroatoms. The Balaban J connectivity index is 1.08. The van der Waals surface area contributed by atoms with Crippen molar-refractivity contribution in [2.75, 3.05) is 0 Å². The second kappa shape index (κ2) is 14.5. The molecule has 0 radical (unpaired) electrons. The standard InChI is InChI=1S/C71H50Si2/c1-72(2)64-38-13-9-24-49(64)55-32-17-30-53(69(55)72)45-26-15-28-51-59(45)42-60-46(54-31-18-33-56-50-25-10-14-39-65(50)73(3,4)70(54)56)27-16-29-52(60)66(51)57-34-19-35-58-67-44-21-6-5-20-43(44)40-41-63(67)71(68(57)58)61-36-11-7-22-47(61)48-23-8-12-37-62(48)71/h5-42H,1-4H3. The van der Waals surface area contributed by atoms with Crippen molar-refractivity contribution in [2.24, 2.45) is 0 Å². The zero-order chi connectivity index (χ0) is 48.5. The number of rotatable bonds is 3. The molecule has 12 aromatic rings. The van der Waals surface area contributed by atoms with E-state index < -0.39 is 21.6 Å². The van der Waals surface area contributed by atoms with E-state index in [9.17, 15) is 0 Å². The SMILES string of the molecule is C[Si]1(C)c2ccccc2-c2cccc(-c3cccc4c(-c5cccc6c5C5(c7ccccc7-c7ccccc75)c5ccc7ccccc7c5-6)c5cccc(-c6cccc7c6[Si](C)(C)c6ccccc6-7)c5cc34)c21. The van der Waals surface area contributed by atoms with Gasteiger partial charge in [-0.25, -0.2) is 0 Å². The summed E-state index contributed by atoms with van der Waals surface area (Å²) in [5.74, 6) is 0. The van der Waals surface area contributed by atoms with Gasteiger partial charge in [-0.15, -0.1) is 0 Å². The van der Waals surface area contributed by atoms with Gasteiger partial charge in [0.2, 0.25) is 0 Å². The Hall–Kier alpha value is -8.15. The van der Waals surface area contributed by atoms with Crippen LogP contribution in [-0.4, -0.2) is 16.1 Å². The van der Waals surface area contributed by atoms with E-state index in [4.69, 9.17) is 0 Å². The van der Waals surface area contributed by atoms with Gasteiger partial charge >= 0.3 is 0 Å². The number of fused-ring (bicyclic) bond motifs is 20. The average Bonchev–Trinajstić information content (AvgIpc) is 4.08. The van der Waals surface area contributed by atoms with Crippen LogP contribution in [0, 0.1) is 0 Å². The molecule has 1 spiro atoms. The van der Waals surface area contributed by atoms with E-state index >= 15 is 0 Å². The minimum atomic E-state index is -2.11. The molecular formula is C71H50Si2. The molecule has 2 heterocycles. The molecule has 0 bridgehead atoms. The maximum Gasteiger partial charge on any atom is 0.114 e. The van der Waals surface area contributed by atoms with E-state index in [0.29, 0.717) is 0 Å². The highest BCUT2D eigenvalue weighted by Gasteiger charge is 2.53. The van der Waals surface area contributed by atoms with Crippen LogP contribution in [0.4, 0.5) is 0 Å². The fraction of sp³-hybridized carbons (Fsp3) is 0.0704. The molecule has 0 fully saturated rings. The van der Waals surface area contributed by atoms with Crippen LogP contribution in [0.5, 0.6) is 0 Å².